The first-order valence-corrected chi connectivity index (χ1v) is 9.52. The quantitative estimate of drug-likeness (QED) is 0.514. The van der Waals surface area contributed by atoms with Crippen molar-refractivity contribution in [3.8, 4) is 11.5 Å². The number of carbonyl (C=O) groups is 1. The molecule has 1 aromatic heterocycles. The first-order valence-electron chi connectivity index (χ1n) is 9.52. The van der Waals surface area contributed by atoms with Gasteiger partial charge in [0.1, 0.15) is 17.5 Å². The van der Waals surface area contributed by atoms with Gasteiger partial charge >= 0.3 is 0 Å². The second-order valence-corrected chi connectivity index (χ2v) is 6.44. The van der Waals surface area contributed by atoms with Gasteiger partial charge in [-0.25, -0.2) is 9.97 Å². The summed E-state index contributed by atoms with van der Waals surface area (Å²) in [7, 11) is 3.09. The average molecular weight is 407 g/mol. The zero-order valence-corrected chi connectivity index (χ0v) is 17.4. The van der Waals surface area contributed by atoms with Crippen molar-refractivity contribution in [3.63, 3.8) is 0 Å². The van der Waals surface area contributed by atoms with Crippen LogP contribution in [-0.4, -0.2) is 36.6 Å². The minimum absolute atomic E-state index is 0.238. The van der Waals surface area contributed by atoms with Crippen LogP contribution in [0.5, 0.6) is 11.5 Å². The number of carbonyl (C=O) groups excluding carboxylic acids is 1. The summed E-state index contributed by atoms with van der Waals surface area (Å²) >= 11 is 0. The largest absolute Gasteiger partial charge is 0.493 e. The van der Waals surface area contributed by atoms with Crippen LogP contribution in [0.15, 0.2) is 48.5 Å². The highest BCUT2D eigenvalue weighted by atomic mass is 16.5. The lowest BCUT2D eigenvalue weighted by atomic mass is 10.1. The van der Waals surface area contributed by atoms with Gasteiger partial charge in [-0.3, -0.25) is 4.79 Å². The number of benzene rings is 2. The summed E-state index contributed by atoms with van der Waals surface area (Å²) in [6.07, 6.45) is 0. The molecule has 0 spiro atoms. The molecule has 156 valence electrons. The van der Waals surface area contributed by atoms with Gasteiger partial charge in [-0.05, 0) is 56.3 Å². The maximum Gasteiger partial charge on any atom is 0.255 e. The van der Waals surface area contributed by atoms with E-state index in [2.05, 4.69) is 25.9 Å². The van der Waals surface area contributed by atoms with Gasteiger partial charge in [-0.1, -0.05) is 0 Å². The second kappa shape index (κ2) is 9.60. The highest BCUT2D eigenvalue weighted by Crippen LogP contribution is 2.28. The summed E-state index contributed by atoms with van der Waals surface area (Å²) in [5.41, 5.74) is 1.99. The Morgan fingerprint density at radius 1 is 0.900 bits per heavy atom. The van der Waals surface area contributed by atoms with E-state index in [-0.39, 0.29) is 5.91 Å². The summed E-state index contributed by atoms with van der Waals surface area (Å²) in [6.45, 7) is 4.64. The molecule has 3 N–H and O–H groups in total. The number of rotatable bonds is 8. The minimum Gasteiger partial charge on any atom is -0.493 e. The molecule has 2 aromatic carbocycles. The molecule has 0 bridgehead atoms. The van der Waals surface area contributed by atoms with Crippen molar-refractivity contribution < 1.29 is 14.3 Å². The van der Waals surface area contributed by atoms with E-state index in [1.807, 2.05) is 44.2 Å². The lowest BCUT2D eigenvalue weighted by Gasteiger charge is -2.11. The maximum atomic E-state index is 12.5. The van der Waals surface area contributed by atoms with Gasteiger partial charge in [0.25, 0.3) is 5.91 Å². The van der Waals surface area contributed by atoms with Crippen molar-refractivity contribution in [1.29, 1.82) is 0 Å². The number of anilines is 4. The maximum absolute atomic E-state index is 12.5. The summed E-state index contributed by atoms with van der Waals surface area (Å²) in [6, 6.07) is 14.3. The zero-order chi connectivity index (χ0) is 21.5. The fourth-order valence-corrected chi connectivity index (χ4v) is 2.87. The van der Waals surface area contributed by atoms with E-state index < -0.39 is 0 Å². The van der Waals surface area contributed by atoms with Crippen LogP contribution >= 0.6 is 0 Å². The minimum atomic E-state index is -0.238. The third kappa shape index (κ3) is 5.16. The van der Waals surface area contributed by atoms with Gasteiger partial charge in [0.2, 0.25) is 0 Å². The molecule has 0 radical (unpaired) electrons. The number of nitrogens with zero attached hydrogens (tertiary/aromatic N) is 2. The molecule has 3 rings (SSSR count). The molecule has 0 aliphatic rings. The standard InChI is InChI=1S/C22H25N5O3/c1-5-23-20-13-21(25-14(2)24-20)26-16-7-9-17(10-8-16)27-22(28)15-6-11-18(29-3)19(12-15)30-4/h6-13H,5H2,1-4H3,(H,27,28)(H2,23,24,25,26). The molecule has 0 atom stereocenters. The normalized spacial score (nSPS) is 10.3. The third-order valence-electron chi connectivity index (χ3n) is 4.26. The fraction of sp³-hybridized carbons (Fsp3) is 0.227. The Labute approximate surface area is 175 Å². The molecule has 1 heterocycles. The van der Waals surface area contributed by atoms with E-state index in [9.17, 15) is 4.79 Å². The molecule has 0 aliphatic heterocycles. The van der Waals surface area contributed by atoms with Crippen LogP contribution in [-0.2, 0) is 0 Å². The lowest BCUT2D eigenvalue weighted by molar-refractivity contribution is 0.102. The SMILES string of the molecule is CCNc1cc(Nc2ccc(NC(=O)c3ccc(OC)c(OC)c3)cc2)nc(C)n1. The molecule has 8 heteroatoms. The smallest absolute Gasteiger partial charge is 0.255 e. The first-order chi connectivity index (χ1) is 14.5. The molecule has 1 amide bonds. The van der Waals surface area contributed by atoms with Gasteiger partial charge in [0.05, 0.1) is 14.2 Å². The van der Waals surface area contributed by atoms with Crippen LogP contribution < -0.4 is 25.4 Å². The number of hydrogen-bond acceptors (Lipinski definition) is 7. The van der Waals surface area contributed by atoms with Crippen molar-refractivity contribution in [2.45, 2.75) is 13.8 Å². The number of amides is 1. The number of methoxy groups -OCH3 is 2. The van der Waals surface area contributed by atoms with Crippen molar-refractivity contribution in [3.05, 3.63) is 59.9 Å². The van der Waals surface area contributed by atoms with Crippen LogP contribution in [0.3, 0.4) is 0 Å². The van der Waals surface area contributed by atoms with Gasteiger partial charge in [0.15, 0.2) is 11.5 Å². The Balaban J connectivity index is 1.68. The molecule has 8 nitrogen and oxygen atoms in total. The van der Waals surface area contributed by atoms with E-state index in [0.29, 0.717) is 34.4 Å². The van der Waals surface area contributed by atoms with E-state index in [0.717, 1.165) is 18.1 Å². The highest BCUT2D eigenvalue weighted by Gasteiger charge is 2.11. The number of hydrogen-bond donors (Lipinski definition) is 3. The third-order valence-corrected chi connectivity index (χ3v) is 4.26. The molecular weight excluding hydrogens is 382 g/mol. The number of ether oxygens (including phenoxy) is 2. The Morgan fingerprint density at radius 3 is 2.23 bits per heavy atom. The van der Waals surface area contributed by atoms with Crippen molar-refractivity contribution in [2.75, 3.05) is 36.7 Å². The Kier molecular flexibility index (Phi) is 6.69. The number of nitrogens with one attached hydrogen (secondary N) is 3. The zero-order valence-electron chi connectivity index (χ0n) is 17.4. The number of aromatic nitrogens is 2. The van der Waals surface area contributed by atoms with E-state index in [4.69, 9.17) is 9.47 Å². The molecule has 0 saturated carbocycles. The molecule has 0 aliphatic carbocycles. The predicted molar refractivity (Wildman–Crippen MR) is 118 cm³/mol. The lowest BCUT2D eigenvalue weighted by Crippen LogP contribution is -2.12. The van der Waals surface area contributed by atoms with Crippen LogP contribution in [0.4, 0.5) is 23.0 Å². The summed E-state index contributed by atoms with van der Waals surface area (Å²) in [5, 5.41) is 9.30. The molecule has 3 aromatic rings. The molecule has 30 heavy (non-hydrogen) atoms. The van der Waals surface area contributed by atoms with Gasteiger partial charge < -0.3 is 25.4 Å². The summed E-state index contributed by atoms with van der Waals surface area (Å²) < 4.78 is 10.5. The highest BCUT2D eigenvalue weighted by molar-refractivity contribution is 6.04. The van der Waals surface area contributed by atoms with Gasteiger partial charge in [-0.2, -0.15) is 0 Å². The molecular formula is C22H25N5O3. The van der Waals surface area contributed by atoms with E-state index >= 15 is 0 Å². The van der Waals surface area contributed by atoms with Crippen molar-refractivity contribution in [2.24, 2.45) is 0 Å². The van der Waals surface area contributed by atoms with Crippen LogP contribution in [0.2, 0.25) is 0 Å². The topological polar surface area (TPSA) is 97.4 Å². The van der Waals surface area contributed by atoms with Crippen molar-refractivity contribution >= 4 is 28.9 Å². The Hall–Kier alpha value is -3.81. The summed E-state index contributed by atoms with van der Waals surface area (Å²) in [5.74, 6) is 2.98. The molecule has 0 saturated heterocycles. The second-order valence-electron chi connectivity index (χ2n) is 6.44. The van der Waals surface area contributed by atoms with Gasteiger partial charge in [0, 0.05) is 29.5 Å². The van der Waals surface area contributed by atoms with E-state index in [1.165, 1.54) is 7.11 Å². The Bertz CT molecular complexity index is 1020. The predicted octanol–water partition coefficient (Wildman–Crippen LogP) is 4.23. The average Bonchev–Trinajstić information content (AvgIpc) is 2.74. The first kappa shape index (κ1) is 20.9. The summed E-state index contributed by atoms with van der Waals surface area (Å²) in [4.78, 5) is 21.3. The molecule has 0 unspecified atom stereocenters. The number of aryl methyl sites for hydroxylation is 1. The van der Waals surface area contributed by atoms with Crippen LogP contribution in [0.1, 0.15) is 23.1 Å². The Morgan fingerprint density at radius 2 is 1.57 bits per heavy atom. The monoisotopic (exact) mass is 407 g/mol. The fourth-order valence-electron chi connectivity index (χ4n) is 2.87. The van der Waals surface area contributed by atoms with Crippen molar-refractivity contribution in [1.82, 2.24) is 9.97 Å². The molecule has 0 fully saturated rings. The van der Waals surface area contributed by atoms with Gasteiger partial charge in [-0.15, -0.1) is 0 Å². The van der Waals surface area contributed by atoms with Crippen LogP contribution in [0, 0.1) is 6.92 Å². The van der Waals surface area contributed by atoms with E-state index in [1.54, 1.807) is 25.3 Å². The van der Waals surface area contributed by atoms with Crippen LogP contribution in [0.25, 0.3) is 0 Å².